The van der Waals surface area contributed by atoms with Gasteiger partial charge >= 0.3 is 5.97 Å². The van der Waals surface area contributed by atoms with Crippen molar-refractivity contribution in [2.45, 2.75) is 26.4 Å². The fraction of sp³-hybridized carbons (Fsp3) is 0.227. The van der Waals surface area contributed by atoms with Crippen LogP contribution in [0.2, 0.25) is 0 Å². The Kier molecular flexibility index (Phi) is 4.74. The maximum atomic E-state index is 12.6. The van der Waals surface area contributed by atoms with E-state index in [0.717, 1.165) is 20.8 Å². The lowest BCUT2D eigenvalue weighted by atomic mass is 10.1. The van der Waals surface area contributed by atoms with Crippen molar-refractivity contribution in [3.05, 3.63) is 69.2 Å². The lowest BCUT2D eigenvalue weighted by Crippen LogP contribution is -2.20. The molecule has 0 saturated heterocycles. The molecule has 31 heavy (non-hydrogen) atoms. The fourth-order valence-electron chi connectivity index (χ4n) is 3.61. The Bertz CT molecular complexity index is 1480. The Morgan fingerprint density at radius 1 is 1.16 bits per heavy atom. The lowest BCUT2D eigenvalue weighted by Gasteiger charge is -2.09. The van der Waals surface area contributed by atoms with Gasteiger partial charge in [-0.05, 0) is 31.2 Å². The van der Waals surface area contributed by atoms with E-state index in [2.05, 4.69) is 15.2 Å². The number of thiazole rings is 1. The maximum Gasteiger partial charge on any atom is 0.306 e. The van der Waals surface area contributed by atoms with Crippen molar-refractivity contribution in [1.29, 1.82) is 0 Å². The number of benzene rings is 2. The van der Waals surface area contributed by atoms with E-state index >= 15 is 0 Å². The second kappa shape index (κ2) is 7.59. The number of aromatic nitrogens is 5. The first-order chi connectivity index (χ1) is 15.0. The summed E-state index contributed by atoms with van der Waals surface area (Å²) >= 11 is 1.58. The normalized spacial score (nSPS) is 11.5. The van der Waals surface area contributed by atoms with E-state index in [4.69, 9.17) is 4.74 Å². The van der Waals surface area contributed by atoms with Crippen molar-refractivity contribution in [1.82, 2.24) is 24.1 Å². The number of hydrogen-bond donors (Lipinski definition) is 0. The average molecular weight is 433 g/mol. The highest BCUT2D eigenvalue weighted by atomic mass is 32.1. The van der Waals surface area contributed by atoms with Crippen molar-refractivity contribution in [3.63, 3.8) is 0 Å². The highest BCUT2D eigenvalue weighted by molar-refractivity contribution is 7.18. The summed E-state index contributed by atoms with van der Waals surface area (Å²) in [5, 5.41) is 9.75. The smallest absolute Gasteiger partial charge is 0.306 e. The summed E-state index contributed by atoms with van der Waals surface area (Å²) in [5.74, 6) is 0.538. The number of esters is 1. The minimum Gasteiger partial charge on any atom is -0.457 e. The van der Waals surface area contributed by atoms with Gasteiger partial charge < -0.3 is 4.74 Å². The number of nitrogens with zero attached hydrogens (tertiary/aromatic N) is 5. The van der Waals surface area contributed by atoms with Crippen LogP contribution >= 0.6 is 11.3 Å². The van der Waals surface area contributed by atoms with Gasteiger partial charge in [-0.15, -0.1) is 21.5 Å². The highest BCUT2D eigenvalue weighted by Gasteiger charge is 2.16. The molecule has 0 atom stereocenters. The minimum atomic E-state index is -0.332. The molecule has 5 rings (SSSR count). The third kappa shape index (κ3) is 3.46. The van der Waals surface area contributed by atoms with Crippen LogP contribution in [0.15, 0.2) is 47.3 Å². The molecule has 156 valence electrons. The third-order valence-electron chi connectivity index (χ3n) is 5.18. The zero-order valence-corrected chi connectivity index (χ0v) is 17.8. The summed E-state index contributed by atoms with van der Waals surface area (Å²) in [6.45, 7) is 1.91. The SMILES string of the molecule is Cc1ccc2c(c1)c(=O)n(C)c1nnc(COC(=O)CCc3nc4ccccc4s3)n21. The number of aryl methyl sites for hydroxylation is 3. The predicted octanol–water partition coefficient (Wildman–Crippen LogP) is 3.18. The molecular formula is C22H19N5O3S. The molecule has 5 aromatic rings. The Hall–Kier alpha value is -3.59. The van der Waals surface area contributed by atoms with Crippen LogP contribution in [0, 0.1) is 6.92 Å². The molecule has 0 saturated carbocycles. The molecule has 0 amide bonds. The number of carbonyl (C=O) groups is 1. The fourth-order valence-corrected chi connectivity index (χ4v) is 4.57. The zero-order chi connectivity index (χ0) is 21.5. The topological polar surface area (TPSA) is 91.4 Å². The second-order valence-electron chi connectivity index (χ2n) is 7.37. The van der Waals surface area contributed by atoms with Crippen molar-refractivity contribution >= 4 is 44.2 Å². The molecule has 0 spiro atoms. The zero-order valence-electron chi connectivity index (χ0n) is 17.0. The molecular weight excluding hydrogens is 414 g/mol. The molecule has 0 bridgehead atoms. The number of para-hydroxylation sites is 1. The van der Waals surface area contributed by atoms with Crippen molar-refractivity contribution < 1.29 is 9.53 Å². The van der Waals surface area contributed by atoms with Gasteiger partial charge in [0.05, 0.1) is 32.5 Å². The van der Waals surface area contributed by atoms with Gasteiger partial charge in [-0.3, -0.25) is 18.6 Å². The van der Waals surface area contributed by atoms with Crippen LogP contribution in [-0.4, -0.2) is 30.1 Å². The largest absolute Gasteiger partial charge is 0.457 e. The molecule has 0 aliphatic heterocycles. The van der Waals surface area contributed by atoms with Crippen LogP contribution in [-0.2, 0) is 29.6 Å². The Morgan fingerprint density at radius 2 is 2.00 bits per heavy atom. The molecule has 0 radical (unpaired) electrons. The molecule has 8 nitrogen and oxygen atoms in total. The predicted molar refractivity (Wildman–Crippen MR) is 118 cm³/mol. The maximum absolute atomic E-state index is 12.6. The molecule has 9 heteroatoms. The Balaban J connectivity index is 1.35. The summed E-state index contributed by atoms with van der Waals surface area (Å²) in [5.41, 5.74) is 2.48. The molecule has 0 aliphatic rings. The number of hydrogen-bond acceptors (Lipinski definition) is 7. The van der Waals surface area contributed by atoms with Crippen LogP contribution in [0.4, 0.5) is 0 Å². The van der Waals surface area contributed by atoms with Crippen LogP contribution in [0.5, 0.6) is 0 Å². The van der Waals surface area contributed by atoms with Crippen LogP contribution in [0.25, 0.3) is 26.9 Å². The van der Waals surface area contributed by atoms with Gasteiger partial charge in [0.15, 0.2) is 12.4 Å². The van der Waals surface area contributed by atoms with E-state index < -0.39 is 0 Å². The Morgan fingerprint density at radius 3 is 2.84 bits per heavy atom. The molecule has 0 unspecified atom stereocenters. The summed E-state index contributed by atoms with van der Waals surface area (Å²) in [7, 11) is 1.65. The van der Waals surface area contributed by atoms with Crippen molar-refractivity contribution in [3.8, 4) is 0 Å². The van der Waals surface area contributed by atoms with E-state index in [0.29, 0.717) is 28.9 Å². The van der Waals surface area contributed by atoms with Gasteiger partial charge in [0.1, 0.15) is 0 Å². The average Bonchev–Trinajstić information content (AvgIpc) is 3.38. The summed E-state index contributed by atoms with van der Waals surface area (Å²) in [4.78, 5) is 29.5. The lowest BCUT2D eigenvalue weighted by molar-refractivity contribution is -0.145. The van der Waals surface area contributed by atoms with Crippen molar-refractivity contribution in [2.75, 3.05) is 0 Å². The van der Waals surface area contributed by atoms with Gasteiger partial charge in [0, 0.05) is 13.5 Å². The molecule has 3 aromatic heterocycles. The van der Waals surface area contributed by atoms with Gasteiger partial charge in [0.2, 0.25) is 5.78 Å². The quantitative estimate of drug-likeness (QED) is 0.396. The number of fused-ring (bicyclic) bond motifs is 4. The van der Waals surface area contributed by atoms with Crippen LogP contribution < -0.4 is 5.56 Å². The van der Waals surface area contributed by atoms with Gasteiger partial charge in [-0.1, -0.05) is 23.8 Å². The number of carbonyl (C=O) groups excluding carboxylic acids is 1. The standard InChI is InChI=1S/C22H19N5O3S/c1-13-7-8-16-14(11-13)21(29)26(2)22-25-24-18(27(16)22)12-30-20(28)10-9-19-23-15-5-3-4-6-17(15)31-19/h3-8,11H,9-10,12H2,1-2H3. The van der Waals surface area contributed by atoms with Crippen LogP contribution in [0.3, 0.4) is 0 Å². The van der Waals surface area contributed by atoms with Crippen molar-refractivity contribution in [2.24, 2.45) is 7.05 Å². The highest BCUT2D eigenvalue weighted by Crippen LogP contribution is 2.22. The van der Waals surface area contributed by atoms with Gasteiger partial charge in [0.25, 0.3) is 5.56 Å². The third-order valence-corrected chi connectivity index (χ3v) is 6.28. The summed E-state index contributed by atoms with van der Waals surface area (Å²) < 4.78 is 9.78. The van der Waals surface area contributed by atoms with E-state index in [9.17, 15) is 9.59 Å². The molecule has 0 fully saturated rings. The molecule has 0 aliphatic carbocycles. The van der Waals surface area contributed by atoms with E-state index in [-0.39, 0.29) is 24.6 Å². The molecule has 0 N–H and O–H groups in total. The number of rotatable bonds is 5. The monoisotopic (exact) mass is 433 g/mol. The van der Waals surface area contributed by atoms with Gasteiger partial charge in [-0.2, -0.15) is 0 Å². The first-order valence-electron chi connectivity index (χ1n) is 9.85. The van der Waals surface area contributed by atoms with Gasteiger partial charge in [-0.25, -0.2) is 4.98 Å². The minimum absolute atomic E-state index is 0.0268. The first kappa shape index (κ1) is 19.4. The van der Waals surface area contributed by atoms with E-state index in [1.165, 1.54) is 4.57 Å². The van der Waals surface area contributed by atoms with Crippen LogP contribution in [0.1, 0.15) is 22.8 Å². The first-order valence-corrected chi connectivity index (χ1v) is 10.7. The molecule has 3 heterocycles. The summed E-state index contributed by atoms with van der Waals surface area (Å²) in [6, 6.07) is 13.5. The second-order valence-corrected chi connectivity index (χ2v) is 8.49. The van der Waals surface area contributed by atoms with E-state index in [1.807, 2.05) is 49.4 Å². The molecule has 2 aromatic carbocycles. The number of ether oxygens (including phenoxy) is 1. The summed E-state index contributed by atoms with van der Waals surface area (Å²) in [6.07, 6.45) is 0.754. The van der Waals surface area contributed by atoms with E-state index in [1.54, 1.807) is 22.8 Å². The Labute approximate surface area is 180 Å².